The zero-order valence-corrected chi connectivity index (χ0v) is 10.00. The number of benzene rings is 1. The molecule has 88 valence electrons. The molecular formula is C11H17N3O2. The van der Waals surface area contributed by atoms with Gasteiger partial charge in [-0.25, -0.2) is 0 Å². The lowest BCUT2D eigenvalue weighted by atomic mass is 10.0. The fraction of sp³-hybridized carbons (Fsp3) is 0.364. The molecule has 1 aromatic carbocycles. The summed E-state index contributed by atoms with van der Waals surface area (Å²) in [6.07, 6.45) is 0. The normalized spacial score (nSPS) is 11.4. The lowest BCUT2D eigenvalue weighted by molar-refractivity contribution is 0.397. The molecule has 5 heteroatoms. The SMILES string of the molecule is COc1cc(/C(N)=N/N)c(OC)c(C)c1C. The van der Waals surface area contributed by atoms with Crippen molar-refractivity contribution in [1.29, 1.82) is 0 Å². The maximum Gasteiger partial charge on any atom is 0.154 e. The molecule has 4 N–H and O–H groups in total. The second kappa shape index (κ2) is 4.74. The second-order valence-electron chi connectivity index (χ2n) is 3.42. The number of hydrogen-bond donors (Lipinski definition) is 2. The standard InChI is InChI=1S/C11H17N3O2/c1-6-7(2)10(16-4)8(11(12)14-13)5-9(6)15-3/h5H,13H2,1-4H3,(H2,12,14). The maximum atomic E-state index is 5.70. The topological polar surface area (TPSA) is 82.9 Å². The molecule has 0 spiro atoms. The zero-order valence-electron chi connectivity index (χ0n) is 10.00. The Morgan fingerprint density at radius 2 is 1.81 bits per heavy atom. The predicted octanol–water partition coefficient (Wildman–Crippen LogP) is 0.900. The largest absolute Gasteiger partial charge is 0.496 e. The Labute approximate surface area is 95.0 Å². The molecule has 1 aromatic rings. The Bertz CT molecular complexity index is 428. The van der Waals surface area contributed by atoms with Gasteiger partial charge in [0.25, 0.3) is 0 Å². The Hall–Kier alpha value is -1.91. The van der Waals surface area contributed by atoms with Crippen LogP contribution in [0.4, 0.5) is 0 Å². The number of nitrogens with zero attached hydrogens (tertiary/aromatic N) is 1. The number of rotatable bonds is 3. The van der Waals surface area contributed by atoms with Gasteiger partial charge in [0, 0.05) is 0 Å². The number of ether oxygens (including phenoxy) is 2. The van der Waals surface area contributed by atoms with Gasteiger partial charge in [-0.15, -0.1) is 0 Å². The number of methoxy groups -OCH3 is 2. The van der Waals surface area contributed by atoms with Crippen molar-refractivity contribution < 1.29 is 9.47 Å². The van der Waals surface area contributed by atoms with E-state index in [1.165, 1.54) is 0 Å². The highest BCUT2D eigenvalue weighted by atomic mass is 16.5. The minimum absolute atomic E-state index is 0.221. The van der Waals surface area contributed by atoms with E-state index >= 15 is 0 Å². The van der Waals surface area contributed by atoms with E-state index in [1.807, 2.05) is 13.8 Å². The fourth-order valence-electron chi connectivity index (χ4n) is 1.60. The third kappa shape index (κ3) is 1.88. The highest BCUT2D eigenvalue weighted by molar-refractivity contribution is 6.00. The van der Waals surface area contributed by atoms with E-state index < -0.39 is 0 Å². The maximum absolute atomic E-state index is 5.70. The average Bonchev–Trinajstić information content (AvgIpc) is 2.31. The molecule has 0 saturated heterocycles. The van der Waals surface area contributed by atoms with E-state index in [0.717, 1.165) is 16.9 Å². The van der Waals surface area contributed by atoms with Crippen LogP contribution in [0.2, 0.25) is 0 Å². The van der Waals surface area contributed by atoms with Gasteiger partial charge in [0.05, 0.1) is 19.8 Å². The molecule has 0 aliphatic rings. The molecule has 16 heavy (non-hydrogen) atoms. The van der Waals surface area contributed by atoms with Crippen molar-refractivity contribution in [1.82, 2.24) is 0 Å². The van der Waals surface area contributed by atoms with Gasteiger partial charge in [-0.3, -0.25) is 0 Å². The van der Waals surface area contributed by atoms with Crippen LogP contribution in [0.3, 0.4) is 0 Å². The van der Waals surface area contributed by atoms with Crippen molar-refractivity contribution >= 4 is 5.84 Å². The zero-order chi connectivity index (χ0) is 12.3. The molecule has 0 atom stereocenters. The number of nitrogens with two attached hydrogens (primary N) is 2. The van der Waals surface area contributed by atoms with Gasteiger partial charge in [-0.2, -0.15) is 5.10 Å². The third-order valence-corrected chi connectivity index (χ3v) is 2.63. The van der Waals surface area contributed by atoms with Gasteiger partial charge in [-0.1, -0.05) is 0 Å². The molecule has 0 aliphatic heterocycles. The molecule has 0 amide bonds. The van der Waals surface area contributed by atoms with Crippen LogP contribution in [0.5, 0.6) is 11.5 Å². The summed E-state index contributed by atoms with van der Waals surface area (Å²) in [5, 5.41) is 3.47. The van der Waals surface area contributed by atoms with Gasteiger partial charge >= 0.3 is 0 Å². The molecule has 0 aliphatic carbocycles. The van der Waals surface area contributed by atoms with Crippen LogP contribution >= 0.6 is 0 Å². The van der Waals surface area contributed by atoms with Crippen molar-refractivity contribution in [2.45, 2.75) is 13.8 Å². The first-order valence-electron chi connectivity index (χ1n) is 4.82. The van der Waals surface area contributed by atoms with Crippen LogP contribution in [0.1, 0.15) is 16.7 Å². The second-order valence-corrected chi connectivity index (χ2v) is 3.42. The molecule has 0 saturated carbocycles. The van der Waals surface area contributed by atoms with Crippen LogP contribution in [0.25, 0.3) is 0 Å². The molecule has 5 nitrogen and oxygen atoms in total. The highest BCUT2D eigenvalue weighted by Crippen LogP contribution is 2.32. The Kier molecular flexibility index (Phi) is 3.60. The fourth-order valence-corrected chi connectivity index (χ4v) is 1.60. The van der Waals surface area contributed by atoms with Crippen LogP contribution in [-0.4, -0.2) is 20.1 Å². The first kappa shape index (κ1) is 12.2. The van der Waals surface area contributed by atoms with Crippen LogP contribution < -0.4 is 21.1 Å². The van der Waals surface area contributed by atoms with Crippen molar-refractivity contribution in [3.05, 3.63) is 22.8 Å². The van der Waals surface area contributed by atoms with Gasteiger partial charge in [0.2, 0.25) is 0 Å². The van der Waals surface area contributed by atoms with Crippen LogP contribution in [0, 0.1) is 13.8 Å². The van der Waals surface area contributed by atoms with Crippen LogP contribution in [-0.2, 0) is 0 Å². The quantitative estimate of drug-likeness (QED) is 0.345. The summed E-state index contributed by atoms with van der Waals surface area (Å²) in [6, 6.07) is 1.77. The third-order valence-electron chi connectivity index (χ3n) is 2.63. The van der Waals surface area contributed by atoms with Gasteiger partial charge in [0.1, 0.15) is 11.5 Å². The summed E-state index contributed by atoms with van der Waals surface area (Å²) in [5.41, 5.74) is 8.31. The lowest BCUT2D eigenvalue weighted by Crippen LogP contribution is -2.17. The Morgan fingerprint density at radius 1 is 1.19 bits per heavy atom. The number of hydrogen-bond acceptors (Lipinski definition) is 4. The van der Waals surface area contributed by atoms with Crippen LogP contribution in [0.15, 0.2) is 11.2 Å². The molecule has 0 heterocycles. The van der Waals surface area contributed by atoms with Crippen molar-refractivity contribution in [3.8, 4) is 11.5 Å². The minimum atomic E-state index is 0.221. The highest BCUT2D eigenvalue weighted by Gasteiger charge is 2.16. The molecule has 1 rings (SSSR count). The Morgan fingerprint density at radius 3 is 2.25 bits per heavy atom. The van der Waals surface area contributed by atoms with E-state index in [4.69, 9.17) is 21.1 Å². The summed E-state index contributed by atoms with van der Waals surface area (Å²) in [6.45, 7) is 3.89. The van der Waals surface area contributed by atoms with Gasteiger partial charge in [-0.05, 0) is 31.0 Å². The van der Waals surface area contributed by atoms with Crippen molar-refractivity contribution in [2.75, 3.05) is 14.2 Å². The van der Waals surface area contributed by atoms with Gasteiger partial charge < -0.3 is 21.1 Å². The van der Waals surface area contributed by atoms with E-state index in [1.54, 1.807) is 20.3 Å². The summed E-state index contributed by atoms with van der Waals surface area (Å²) in [5.74, 6) is 6.80. The summed E-state index contributed by atoms with van der Waals surface area (Å²) < 4.78 is 10.6. The molecule has 0 radical (unpaired) electrons. The van der Waals surface area contributed by atoms with Crippen molar-refractivity contribution in [2.24, 2.45) is 16.7 Å². The molecular weight excluding hydrogens is 206 g/mol. The first-order chi connectivity index (χ1) is 7.56. The van der Waals surface area contributed by atoms with E-state index in [0.29, 0.717) is 11.3 Å². The lowest BCUT2D eigenvalue weighted by Gasteiger charge is -2.16. The summed E-state index contributed by atoms with van der Waals surface area (Å²) >= 11 is 0. The average molecular weight is 223 g/mol. The number of hydrazone groups is 1. The monoisotopic (exact) mass is 223 g/mol. The summed E-state index contributed by atoms with van der Waals surface area (Å²) in [7, 11) is 3.19. The van der Waals surface area contributed by atoms with E-state index in [-0.39, 0.29) is 5.84 Å². The van der Waals surface area contributed by atoms with Crippen molar-refractivity contribution in [3.63, 3.8) is 0 Å². The Balaban J connectivity index is 3.53. The molecule has 0 unspecified atom stereocenters. The smallest absolute Gasteiger partial charge is 0.154 e. The molecule has 0 bridgehead atoms. The minimum Gasteiger partial charge on any atom is -0.496 e. The van der Waals surface area contributed by atoms with E-state index in [9.17, 15) is 0 Å². The predicted molar refractivity (Wildman–Crippen MR) is 63.9 cm³/mol. The number of amidine groups is 1. The van der Waals surface area contributed by atoms with E-state index in [2.05, 4.69) is 5.10 Å². The first-order valence-corrected chi connectivity index (χ1v) is 4.82. The van der Waals surface area contributed by atoms with Gasteiger partial charge in [0.15, 0.2) is 5.84 Å². The summed E-state index contributed by atoms with van der Waals surface area (Å²) in [4.78, 5) is 0. The molecule has 0 fully saturated rings. The molecule has 0 aromatic heterocycles.